The van der Waals surface area contributed by atoms with E-state index in [0.29, 0.717) is 17.3 Å². The Hall–Kier alpha value is -2.48. The second-order valence-corrected chi connectivity index (χ2v) is 4.88. The SMILES string of the molecule is COc1ccc(-n2nnc(CO)c2C2CC2)cc1[N+](=O)[O-]. The molecule has 1 aliphatic carbocycles. The van der Waals surface area contributed by atoms with Gasteiger partial charge < -0.3 is 9.84 Å². The molecule has 1 aliphatic rings. The van der Waals surface area contributed by atoms with Gasteiger partial charge in [0.25, 0.3) is 0 Å². The zero-order valence-corrected chi connectivity index (χ0v) is 11.4. The molecule has 110 valence electrons. The van der Waals surface area contributed by atoms with Gasteiger partial charge in [-0.25, -0.2) is 4.68 Å². The minimum atomic E-state index is -0.497. The van der Waals surface area contributed by atoms with E-state index in [1.165, 1.54) is 19.2 Å². The summed E-state index contributed by atoms with van der Waals surface area (Å²) in [4.78, 5) is 10.6. The number of hydrogen-bond donors (Lipinski definition) is 1. The molecule has 1 N–H and O–H groups in total. The van der Waals surface area contributed by atoms with E-state index in [1.807, 2.05) is 0 Å². The van der Waals surface area contributed by atoms with E-state index in [1.54, 1.807) is 10.7 Å². The zero-order chi connectivity index (χ0) is 15.0. The molecule has 1 aromatic heterocycles. The van der Waals surface area contributed by atoms with Gasteiger partial charge in [-0.3, -0.25) is 10.1 Å². The van der Waals surface area contributed by atoms with Gasteiger partial charge in [0.1, 0.15) is 5.69 Å². The van der Waals surface area contributed by atoms with E-state index in [2.05, 4.69) is 10.3 Å². The van der Waals surface area contributed by atoms with Crippen molar-refractivity contribution >= 4 is 5.69 Å². The number of ether oxygens (including phenoxy) is 1. The maximum absolute atomic E-state index is 11.1. The van der Waals surface area contributed by atoms with Gasteiger partial charge in [-0.1, -0.05) is 5.21 Å². The van der Waals surface area contributed by atoms with Crippen LogP contribution in [-0.2, 0) is 6.61 Å². The molecule has 0 aliphatic heterocycles. The number of aromatic nitrogens is 3. The Morgan fingerprint density at radius 1 is 1.52 bits per heavy atom. The summed E-state index contributed by atoms with van der Waals surface area (Å²) < 4.78 is 6.55. The van der Waals surface area contributed by atoms with E-state index in [0.717, 1.165) is 18.5 Å². The summed E-state index contributed by atoms with van der Waals surface area (Å²) in [5.74, 6) is 0.502. The van der Waals surface area contributed by atoms with Crippen molar-refractivity contribution in [2.45, 2.75) is 25.4 Å². The Morgan fingerprint density at radius 3 is 2.86 bits per heavy atom. The summed E-state index contributed by atoms with van der Waals surface area (Å²) in [5, 5.41) is 28.4. The number of nitro groups is 1. The lowest BCUT2D eigenvalue weighted by molar-refractivity contribution is -0.385. The van der Waals surface area contributed by atoms with Crippen LogP contribution < -0.4 is 4.74 Å². The summed E-state index contributed by atoms with van der Waals surface area (Å²) in [5.41, 5.74) is 1.77. The Morgan fingerprint density at radius 2 is 2.29 bits per heavy atom. The quantitative estimate of drug-likeness (QED) is 0.662. The van der Waals surface area contributed by atoms with E-state index >= 15 is 0 Å². The maximum atomic E-state index is 11.1. The lowest BCUT2D eigenvalue weighted by atomic mass is 10.2. The van der Waals surface area contributed by atoms with Crippen molar-refractivity contribution in [2.75, 3.05) is 7.11 Å². The number of aliphatic hydroxyl groups excluding tert-OH is 1. The highest BCUT2D eigenvalue weighted by Gasteiger charge is 2.32. The standard InChI is InChI=1S/C13H14N4O4/c1-21-12-5-4-9(6-11(12)17(19)20)16-13(8-2-3-8)10(7-18)14-15-16/h4-6,8,18H,2-3,7H2,1H3. The molecule has 0 radical (unpaired) electrons. The molecule has 1 fully saturated rings. The van der Waals surface area contributed by atoms with Gasteiger partial charge in [0, 0.05) is 12.0 Å². The third-order valence-electron chi connectivity index (χ3n) is 3.50. The first kappa shape index (κ1) is 13.5. The summed E-state index contributed by atoms with van der Waals surface area (Å²) in [7, 11) is 1.39. The first-order chi connectivity index (χ1) is 10.2. The van der Waals surface area contributed by atoms with Gasteiger partial charge in [-0.15, -0.1) is 5.10 Å². The Balaban J connectivity index is 2.10. The predicted octanol–water partition coefficient (Wildman–Crippen LogP) is 1.55. The molecular weight excluding hydrogens is 276 g/mol. The third-order valence-corrected chi connectivity index (χ3v) is 3.50. The van der Waals surface area contributed by atoms with Crippen LogP contribution in [0.25, 0.3) is 5.69 Å². The molecule has 0 spiro atoms. The van der Waals surface area contributed by atoms with Crippen LogP contribution in [0, 0.1) is 10.1 Å². The van der Waals surface area contributed by atoms with Crippen LogP contribution in [0.15, 0.2) is 18.2 Å². The van der Waals surface area contributed by atoms with Crippen molar-refractivity contribution in [3.63, 3.8) is 0 Å². The predicted molar refractivity (Wildman–Crippen MR) is 72.5 cm³/mol. The molecule has 0 atom stereocenters. The van der Waals surface area contributed by atoms with Crippen LogP contribution in [0.4, 0.5) is 5.69 Å². The van der Waals surface area contributed by atoms with Crippen LogP contribution in [0.3, 0.4) is 0 Å². The third kappa shape index (κ3) is 2.33. The molecule has 0 saturated heterocycles. The van der Waals surface area contributed by atoms with Crippen molar-refractivity contribution in [2.24, 2.45) is 0 Å². The monoisotopic (exact) mass is 290 g/mol. The minimum Gasteiger partial charge on any atom is -0.490 e. The van der Waals surface area contributed by atoms with Crippen molar-refractivity contribution in [1.82, 2.24) is 15.0 Å². The Kier molecular flexibility index (Phi) is 3.30. The number of benzene rings is 1. The molecule has 21 heavy (non-hydrogen) atoms. The number of rotatable bonds is 5. The number of aliphatic hydroxyl groups is 1. The maximum Gasteiger partial charge on any atom is 0.313 e. The summed E-state index contributed by atoms with van der Waals surface area (Å²) >= 11 is 0. The highest BCUT2D eigenvalue weighted by Crippen LogP contribution is 2.42. The molecule has 1 saturated carbocycles. The van der Waals surface area contributed by atoms with Crippen LogP contribution >= 0.6 is 0 Å². The molecule has 1 heterocycles. The van der Waals surface area contributed by atoms with Crippen molar-refractivity contribution in [1.29, 1.82) is 0 Å². The van der Waals surface area contributed by atoms with Crippen molar-refractivity contribution in [3.8, 4) is 11.4 Å². The fraction of sp³-hybridized carbons (Fsp3) is 0.385. The zero-order valence-electron chi connectivity index (χ0n) is 11.4. The average molecular weight is 290 g/mol. The summed E-state index contributed by atoms with van der Waals surface area (Å²) in [6, 6.07) is 4.62. The van der Waals surface area contributed by atoms with E-state index in [4.69, 9.17) is 4.74 Å². The van der Waals surface area contributed by atoms with Gasteiger partial charge in [-0.2, -0.15) is 0 Å². The smallest absolute Gasteiger partial charge is 0.313 e. The van der Waals surface area contributed by atoms with Crippen molar-refractivity contribution < 1.29 is 14.8 Å². The number of nitrogens with zero attached hydrogens (tertiary/aromatic N) is 4. The molecule has 8 heteroatoms. The van der Waals surface area contributed by atoms with E-state index < -0.39 is 4.92 Å². The highest BCUT2D eigenvalue weighted by atomic mass is 16.6. The molecule has 8 nitrogen and oxygen atoms in total. The van der Waals surface area contributed by atoms with Crippen LogP contribution in [-0.4, -0.2) is 32.1 Å². The Labute approximate surface area is 120 Å². The second kappa shape index (κ2) is 5.13. The lowest BCUT2D eigenvalue weighted by Crippen LogP contribution is -2.04. The van der Waals surface area contributed by atoms with E-state index in [-0.39, 0.29) is 18.0 Å². The Bertz CT molecular complexity index is 693. The highest BCUT2D eigenvalue weighted by molar-refractivity contribution is 5.54. The van der Waals surface area contributed by atoms with Crippen molar-refractivity contribution in [3.05, 3.63) is 39.7 Å². The summed E-state index contributed by atoms with van der Waals surface area (Å²) in [6.07, 6.45) is 2.03. The molecule has 3 rings (SSSR count). The number of hydrogen-bond acceptors (Lipinski definition) is 6. The van der Waals surface area contributed by atoms with Gasteiger partial charge >= 0.3 is 5.69 Å². The lowest BCUT2D eigenvalue weighted by Gasteiger charge is -2.08. The molecule has 0 unspecified atom stereocenters. The molecule has 0 amide bonds. The first-order valence-electron chi connectivity index (χ1n) is 6.53. The van der Waals surface area contributed by atoms with Gasteiger partial charge in [0.05, 0.1) is 30.0 Å². The van der Waals surface area contributed by atoms with Gasteiger partial charge in [0.15, 0.2) is 5.75 Å². The fourth-order valence-electron chi connectivity index (χ4n) is 2.34. The molecule has 1 aromatic carbocycles. The van der Waals surface area contributed by atoms with Gasteiger partial charge in [0.2, 0.25) is 0 Å². The largest absolute Gasteiger partial charge is 0.490 e. The summed E-state index contributed by atoms with van der Waals surface area (Å²) in [6.45, 7) is -0.190. The normalized spacial score (nSPS) is 14.2. The number of nitro benzene ring substituents is 1. The average Bonchev–Trinajstić information content (AvgIpc) is 3.25. The van der Waals surface area contributed by atoms with Crippen LogP contribution in [0.1, 0.15) is 30.1 Å². The molecule has 0 bridgehead atoms. The topological polar surface area (TPSA) is 103 Å². The van der Waals surface area contributed by atoms with Crippen LogP contribution in [0.2, 0.25) is 0 Å². The number of methoxy groups -OCH3 is 1. The minimum absolute atomic E-state index is 0.127. The first-order valence-corrected chi connectivity index (χ1v) is 6.53. The van der Waals surface area contributed by atoms with E-state index in [9.17, 15) is 15.2 Å². The molecule has 2 aromatic rings. The molecular formula is C13H14N4O4. The van der Waals surface area contributed by atoms with Crippen LogP contribution in [0.5, 0.6) is 5.75 Å². The van der Waals surface area contributed by atoms with Gasteiger partial charge in [-0.05, 0) is 25.0 Å². The second-order valence-electron chi connectivity index (χ2n) is 4.88. The fourth-order valence-corrected chi connectivity index (χ4v) is 2.34.